The fourth-order valence-electron chi connectivity index (χ4n) is 2.66. The van der Waals surface area contributed by atoms with Crippen LogP contribution in [-0.4, -0.2) is 33.1 Å². The molecule has 0 radical (unpaired) electrons. The van der Waals surface area contributed by atoms with Crippen molar-refractivity contribution < 1.29 is 0 Å². The average molecular weight is 296 g/mol. The Morgan fingerprint density at radius 3 is 2.68 bits per heavy atom. The molecule has 1 aliphatic rings. The van der Waals surface area contributed by atoms with Crippen LogP contribution >= 0.6 is 0 Å². The van der Waals surface area contributed by atoms with Crippen LogP contribution in [0.1, 0.15) is 44.5 Å². The molecule has 114 valence electrons. The van der Waals surface area contributed by atoms with E-state index in [0.717, 1.165) is 31.0 Å². The Morgan fingerprint density at radius 1 is 1.27 bits per heavy atom. The van der Waals surface area contributed by atoms with Gasteiger partial charge in [-0.15, -0.1) is 5.10 Å². The van der Waals surface area contributed by atoms with E-state index in [4.69, 9.17) is 5.26 Å². The molecule has 2 aromatic rings. The Balaban J connectivity index is 1.71. The van der Waals surface area contributed by atoms with Crippen LogP contribution in [0.25, 0.3) is 0 Å². The second-order valence-electron chi connectivity index (χ2n) is 6.74. The standard InChI is InChI=1S/C16H20N6/c1-16(2,3)14-4-5-15(20-19-14)21-7-6-13(11-21)22-10-12(8-17)9-18-22/h4-5,9-10,13H,6-7,11H2,1-3H3. The van der Waals surface area contributed by atoms with Gasteiger partial charge in [-0.2, -0.15) is 15.5 Å². The van der Waals surface area contributed by atoms with Gasteiger partial charge in [-0.25, -0.2) is 0 Å². The topological polar surface area (TPSA) is 70.6 Å². The molecule has 1 aliphatic heterocycles. The zero-order valence-electron chi connectivity index (χ0n) is 13.2. The van der Waals surface area contributed by atoms with Crippen LogP contribution in [0.4, 0.5) is 5.82 Å². The molecule has 2 aromatic heterocycles. The highest BCUT2D eigenvalue weighted by atomic mass is 15.3. The first kappa shape index (κ1) is 14.5. The first-order chi connectivity index (χ1) is 10.5. The lowest BCUT2D eigenvalue weighted by Gasteiger charge is -2.20. The third-order valence-electron chi connectivity index (χ3n) is 4.01. The van der Waals surface area contributed by atoms with Gasteiger partial charge in [0, 0.05) is 24.7 Å². The lowest BCUT2D eigenvalue weighted by molar-refractivity contribution is 0.494. The fraction of sp³-hybridized carbons (Fsp3) is 0.500. The highest BCUT2D eigenvalue weighted by molar-refractivity contribution is 5.39. The molecule has 0 N–H and O–H groups in total. The van der Waals surface area contributed by atoms with Crippen molar-refractivity contribution in [1.29, 1.82) is 5.26 Å². The van der Waals surface area contributed by atoms with Gasteiger partial charge < -0.3 is 4.90 Å². The first-order valence-electron chi connectivity index (χ1n) is 7.51. The molecule has 3 rings (SSSR count). The van der Waals surface area contributed by atoms with E-state index >= 15 is 0 Å². The van der Waals surface area contributed by atoms with Crippen LogP contribution in [-0.2, 0) is 5.41 Å². The molecule has 1 unspecified atom stereocenters. The van der Waals surface area contributed by atoms with Gasteiger partial charge in [-0.05, 0) is 18.6 Å². The van der Waals surface area contributed by atoms with E-state index < -0.39 is 0 Å². The molecule has 0 amide bonds. The Hall–Kier alpha value is -2.42. The Bertz CT molecular complexity index is 689. The van der Waals surface area contributed by atoms with Crippen molar-refractivity contribution in [3.05, 3.63) is 35.8 Å². The van der Waals surface area contributed by atoms with Crippen LogP contribution < -0.4 is 4.90 Å². The minimum atomic E-state index is 0.0157. The molecule has 0 bridgehead atoms. The molecule has 0 spiro atoms. The molecular formula is C16H20N6. The third kappa shape index (κ3) is 2.80. The summed E-state index contributed by atoms with van der Waals surface area (Å²) in [7, 11) is 0. The van der Waals surface area contributed by atoms with E-state index in [1.54, 1.807) is 6.20 Å². The van der Waals surface area contributed by atoms with E-state index in [1.165, 1.54) is 0 Å². The van der Waals surface area contributed by atoms with Crippen molar-refractivity contribution in [2.45, 2.75) is 38.6 Å². The van der Waals surface area contributed by atoms with E-state index in [0.29, 0.717) is 5.56 Å². The lowest BCUT2D eigenvalue weighted by atomic mass is 9.92. The van der Waals surface area contributed by atoms with Crippen LogP contribution in [0.2, 0.25) is 0 Å². The number of nitrogens with zero attached hydrogens (tertiary/aromatic N) is 6. The van der Waals surface area contributed by atoms with Gasteiger partial charge in [0.1, 0.15) is 6.07 Å². The van der Waals surface area contributed by atoms with E-state index in [-0.39, 0.29) is 11.5 Å². The Kier molecular flexibility index (Phi) is 3.57. The summed E-state index contributed by atoms with van der Waals surface area (Å²) in [6.07, 6.45) is 4.42. The summed E-state index contributed by atoms with van der Waals surface area (Å²) in [6, 6.07) is 6.49. The lowest BCUT2D eigenvalue weighted by Crippen LogP contribution is -2.23. The number of hydrogen-bond donors (Lipinski definition) is 0. The Morgan fingerprint density at radius 2 is 2.09 bits per heavy atom. The summed E-state index contributed by atoms with van der Waals surface area (Å²) in [5.74, 6) is 0.906. The molecule has 1 atom stereocenters. The van der Waals surface area contributed by atoms with E-state index in [2.05, 4.69) is 53.1 Å². The van der Waals surface area contributed by atoms with Crippen molar-refractivity contribution in [3.8, 4) is 6.07 Å². The number of nitriles is 1. The highest BCUT2D eigenvalue weighted by Gasteiger charge is 2.26. The van der Waals surface area contributed by atoms with Crippen molar-refractivity contribution >= 4 is 5.82 Å². The van der Waals surface area contributed by atoms with Crippen LogP contribution in [0.3, 0.4) is 0 Å². The summed E-state index contributed by atoms with van der Waals surface area (Å²) >= 11 is 0. The smallest absolute Gasteiger partial charge is 0.151 e. The maximum atomic E-state index is 8.88. The molecule has 0 saturated carbocycles. The maximum absolute atomic E-state index is 8.88. The quantitative estimate of drug-likeness (QED) is 0.850. The van der Waals surface area contributed by atoms with Gasteiger partial charge in [0.25, 0.3) is 0 Å². The molecule has 6 nitrogen and oxygen atoms in total. The predicted molar refractivity (Wildman–Crippen MR) is 83.5 cm³/mol. The minimum Gasteiger partial charge on any atom is -0.353 e. The number of aromatic nitrogens is 4. The monoisotopic (exact) mass is 296 g/mol. The molecule has 6 heteroatoms. The summed E-state index contributed by atoms with van der Waals surface area (Å²) < 4.78 is 1.88. The van der Waals surface area contributed by atoms with Gasteiger partial charge >= 0.3 is 0 Å². The normalized spacial score (nSPS) is 18.5. The SMILES string of the molecule is CC(C)(C)c1ccc(N2CCC(n3cc(C#N)cn3)C2)nn1. The van der Waals surface area contributed by atoms with Crippen LogP contribution in [0, 0.1) is 11.3 Å². The van der Waals surface area contributed by atoms with E-state index in [9.17, 15) is 0 Å². The van der Waals surface area contributed by atoms with Gasteiger partial charge in [0.05, 0.1) is 23.5 Å². The van der Waals surface area contributed by atoms with Crippen LogP contribution in [0.5, 0.6) is 0 Å². The Labute approximate surface area is 130 Å². The van der Waals surface area contributed by atoms with Gasteiger partial charge in [-0.1, -0.05) is 20.8 Å². The average Bonchev–Trinajstić information content (AvgIpc) is 3.15. The maximum Gasteiger partial charge on any atom is 0.151 e. The zero-order valence-corrected chi connectivity index (χ0v) is 13.2. The second-order valence-corrected chi connectivity index (χ2v) is 6.74. The van der Waals surface area contributed by atoms with Crippen molar-refractivity contribution in [3.63, 3.8) is 0 Å². The first-order valence-corrected chi connectivity index (χ1v) is 7.51. The summed E-state index contributed by atoms with van der Waals surface area (Å²) in [6.45, 7) is 8.17. The van der Waals surface area contributed by atoms with Gasteiger partial charge in [0.2, 0.25) is 0 Å². The molecule has 1 saturated heterocycles. The number of hydrogen-bond acceptors (Lipinski definition) is 5. The third-order valence-corrected chi connectivity index (χ3v) is 4.01. The molecule has 22 heavy (non-hydrogen) atoms. The molecule has 0 aromatic carbocycles. The molecule has 1 fully saturated rings. The van der Waals surface area contributed by atoms with E-state index in [1.807, 2.05) is 16.9 Å². The molecular weight excluding hydrogens is 276 g/mol. The number of rotatable bonds is 2. The summed E-state index contributed by atoms with van der Waals surface area (Å²) in [4.78, 5) is 2.22. The second kappa shape index (κ2) is 5.41. The molecule has 0 aliphatic carbocycles. The van der Waals surface area contributed by atoms with Crippen LogP contribution in [0.15, 0.2) is 24.5 Å². The minimum absolute atomic E-state index is 0.0157. The van der Waals surface area contributed by atoms with Gasteiger partial charge in [0.15, 0.2) is 5.82 Å². The highest BCUT2D eigenvalue weighted by Crippen LogP contribution is 2.26. The van der Waals surface area contributed by atoms with Crippen molar-refractivity contribution in [1.82, 2.24) is 20.0 Å². The summed E-state index contributed by atoms with van der Waals surface area (Å²) in [5.41, 5.74) is 1.62. The predicted octanol–water partition coefficient (Wildman–Crippen LogP) is 2.29. The van der Waals surface area contributed by atoms with Crippen molar-refractivity contribution in [2.24, 2.45) is 0 Å². The summed E-state index contributed by atoms with van der Waals surface area (Å²) in [5, 5.41) is 21.9. The van der Waals surface area contributed by atoms with Gasteiger partial charge in [-0.3, -0.25) is 4.68 Å². The zero-order chi connectivity index (χ0) is 15.7. The van der Waals surface area contributed by atoms with Crippen molar-refractivity contribution in [2.75, 3.05) is 18.0 Å². The number of anilines is 1. The fourth-order valence-corrected chi connectivity index (χ4v) is 2.66. The molecule has 3 heterocycles. The largest absolute Gasteiger partial charge is 0.353 e.